The number of pyridine rings is 1. The summed E-state index contributed by atoms with van der Waals surface area (Å²) in [6.45, 7) is 0. The Kier molecular flexibility index (Phi) is 3.54. The van der Waals surface area contributed by atoms with Crippen molar-refractivity contribution < 1.29 is 4.79 Å². The number of anilines is 1. The van der Waals surface area contributed by atoms with Gasteiger partial charge in [-0.3, -0.25) is 9.78 Å². The summed E-state index contributed by atoms with van der Waals surface area (Å²) < 4.78 is 0. The van der Waals surface area contributed by atoms with Crippen LogP contribution in [0, 0.1) is 0 Å². The number of hydrogen-bond donors (Lipinski definition) is 1. The van der Waals surface area contributed by atoms with E-state index in [1.54, 1.807) is 6.20 Å². The van der Waals surface area contributed by atoms with Crippen LogP contribution in [0.2, 0.25) is 0 Å². The van der Waals surface area contributed by atoms with E-state index in [2.05, 4.69) is 16.4 Å². The van der Waals surface area contributed by atoms with Crippen LogP contribution in [0.4, 0.5) is 5.69 Å². The summed E-state index contributed by atoms with van der Waals surface area (Å²) in [5.74, 6) is -0.0727. The third-order valence-electron chi connectivity index (χ3n) is 4.49. The van der Waals surface area contributed by atoms with Gasteiger partial charge in [0.1, 0.15) is 0 Å². The maximum Gasteiger partial charge on any atom is 0.255 e. The van der Waals surface area contributed by atoms with Crippen molar-refractivity contribution in [2.24, 2.45) is 0 Å². The van der Waals surface area contributed by atoms with E-state index in [0.29, 0.717) is 0 Å². The number of aryl methyl sites for hydroxylation is 2. The normalized spacial score (nSPS) is 13.6. The van der Waals surface area contributed by atoms with Gasteiger partial charge < -0.3 is 5.32 Å². The number of carbonyl (C=O) groups is 1. The Balaban J connectivity index is 1.64. The molecule has 114 valence electrons. The molecule has 0 fully saturated rings. The second kappa shape index (κ2) is 5.84. The predicted octanol–water partition coefficient (Wildman–Crippen LogP) is 4.37. The van der Waals surface area contributed by atoms with E-state index in [-0.39, 0.29) is 5.91 Å². The van der Waals surface area contributed by atoms with Crippen LogP contribution in [0.1, 0.15) is 34.3 Å². The molecule has 1 heterocycles. The predicted molar refractivity (Wildman–Crippen MR) is 92.8 cm³/mol. The molecule has 0 unspecified atom stereocenters. The third-order valence-corrected chi connectivity index (χ3v) is 4.49. The molecule has 1 N–H and O–H groups in total. The van der Waals surface area contributed by atoms with Crippen LogP contribution >= 0.6 is 0 Å². The Labute approximate surface area is 135 Å². The van der Waals surface area contributed by atoms with Crippen LogP contribution in [0.15, 0.2) is 54.7 Å². The van der Waals surface area contributed by atoms with Gasteiger partial charge in [0.05, 0.1) is 11.2 Å². The van der Waals surface area contributed by atoms with Gasteiger partial charge in [0.25, 0.3) is 5.91 Å². The van der Waals surface area contributed by atoms with E-state index in [1.807, 2.05) is 42.5 Å². The molecule has 4 rings (SSSR count). The van der Waals surface area contributed by atoms with Gasteiger partial charge in [0.15, 0.2) is 0 Å². The number of hydrogen-bond acceptors (Lipinski definition) is 2. The lowest BCUT2D eigenvalue weighted by atomic mass is 9.90. The summed E-state index contributed by atoms with van der Waals surface area (Å²) in [6, 6.07) is 15.8. The molecule has 1 aliphatic carbocycles. The largest absolute Gasteiger partial charge is 0.320 e. The highest BCUT2D eigenvalue weighted by molar-refractivity contribution is 6.08. The van der Waals surface area contributed by atoms with Gasteiger partial charge in [-0.05, 0) is 61.1 Å². The summed E-state index contributed by atoms with van der Waals surface area (Å²) in [7, 11) is 0. The van der Waals surface area contributed by atoms with Gasteiger partial charge in [0.2, 0.25) is 0 Å². The molecule has 1 amide bonds. The number of amides is 1. The fourth-order valence-electron chi connectivity index (χ4n) is 3.27. The van der Waals surface area contributed by atoms with Crippen LogP contribution in [0.5, 0.6) is 0 Å². The summed E-state index contributed by atoms with van der Waals surface area (Å²) >= 11 is 0. The van der Waals surface area contributed by atoms with Gasteiger partial charge in [-0.2, -0.15) is 0 Å². The van der Waals surface area contributed by atoms with Crippen LogP contribution in [0.25, 0.3) is 10.9 Å². The molecule has 3 heteroatoms. The fraction of sp³-hybridized carbons (Fsp3) is 0.200. The molecule has 1 aliphatic rings. The van der Waals surface area contributed by atoms with Crippen molar-refractivity contribution >= 4 is 22.5 Å². The number of aromatic nitrogens is 1. The average molecular weight is 302 g/mol. The van der Waals surface area contributed by atoms with E-state index in [0.717, 1.165) is 35.0 Å². The van der Waals surface area contributed by atoms with Gasteiger partial charge in [0, 0.05) is 17.1 Å². The molecule has 3 aromatic rings. The minimum absolute atomic E-state index is 0.0727. The van der Waals surface area contributed by atoms with Gasteiger partial charge in [-0.15, -0.1) is 0 Å². The lowest BCUT2D eigenvalue weighted by Gasteiger charge is -2.16. The Morgan fingerprint density at radius 1 is 0.957 bits per heavy atom. The maximum absolute atomic E-state index is 12.6. The highest BCUT2D eigenvalue weighted by Gasteiger charge is 2.14. The van der Waals surface area contributed by atoms with Gasteiger partial charge in [-0.1, -0.05) is 24.3 Å². The molecule has 0 atom stereocenters. The van der Waals surface area contributed by atoms with Crippen molar-refractivity contribution in [1.82, 2.24) is 4.98 Å². The monoisotopic (exact) mass is 302 g/mol. The molecule has 0 saturated heterocycles. The highest BCUT2D eigenvalue weighted by atomic mass is 16.1. The van der Waals surface area contributed by atoms with Crippen molar-refractivity contribution in [2.75, 3.05) is 5.32 Å². The summed E-state index contributed by atoms with van der Waals surface area (Å²) in [4.78, 5) is 17.0. The molecule has 1 aromatic heterocycles. The average Bonchev–Trinajstić information content (AvgIpc) is 2.61. The SMILES string of the molecule is O=C(Nc1cccc2cccnc12)c1ccc2c(c1)CCCC2. The standard InChI is InChI=1S/C20H18N2O/c23-20(17-11-10-14-5-1-2-6-16(14)13-17)22-18-9-3-7-15-8-4-12-21-19(15)18/h3-4,7-13H,1-2,5-6H2,(H,22,23). The molecule has 0 saturated carbocycles. The van der Waals surface area contributed by atoms with Crippen LogP contribution in [-0.2, 0) is 12.8 Å². The second-order valence-electron chi connectivity index (χ2n) is 6.03. The lowest BCUT2D eigenvalue weighted by molar-refractivity contribution is 0.102. The Hall–Kier alpha value is -2.68. The van der Waals surface area contributed by atoms with E-state index >= 15 is 0 Å². The van der Waals surface area contributed by atoms with E-state index in [9.17, 15) is 4.79 Å². The number of carbonyl (C=O) groups excluding carboxylic acids is 1. The number of nitrogens with zero attached hydrogens (tertiary/aromatic N) is 1. The second-order valence-corrected chi connectivity index (χ2v) is 6.03. The molecule has 23 heavy (non-hydrogen) atoms. The van der Waals surface area contributed by atoms with Crippen molar-refractivity contribution in [3.63, 3.8) is 0 Å². The third kappa shape index (κ3) is 2.70. The zero-order chi connectivity index (χ0) is 15.6. The number of fused-ring (bicyclic) bond motifs is 2. The number of benzene rings is 2. The summed E-state index contributed by atoms with van der Waals surface area (Å²) in [6.07, 6.45) is 6.42. The molecule has 2 aromatic carbocycles. The fourth-order valence-corrected chi connectivity index (χ4v) is 3.27. The smallest absolute Gasteiger partial charge is 0.255 e. The summed E-state index contributed by atoms with van der Waals surface area (Å²) in [5.41, 5.74) is 5.00. The minimum atomic E-state index is -0.0727. The van der Waals surface area contributed by atoms with Gasteiger partial charge >= 0.3 is 0 Å². The van der Waals surface area contributed by atoms with Crippen LogP contribution < -0.4 is 5.32 Å². The topological polar surface area (TPSA) is 42.0 Å². The zero-order valence-electron chi connectivity index (χ0n) is 12.9. The molecule has 0 radical (unpaired) electrons. The van der Waals surface area contributed by atoms with E-state index in [4.69, 9.17) is 0 Å². The maximum atomic E-state index is 12.6. The first-order valence-corrected chi connectivity index (χ1v) is 8.08. The van der Waals surface area contributed by atoms with Crippen molar-refractivity contribution in [3.05, 3.63) is 71.4 Å². The number of nitrogens with one attached hydrogen (secondary N) is 1. The summed E-state index contributed by atoms with van der Waals surface area (Å²) in [5, 5.41) is 4.03. The molecule has 3 nitrogen and oxygen atoms in total. The first-order chi connectivity index (χ1) is 11.3. The van der Waals surface area contributed by atoms with E-state index in [1.165, 1.54) is 24.0 Å². The first kappa shape index (κ1) is 13.9. The van der Waals surface area contributed by atoms with Crippen molar-refractivity contribution in [3.8, 4) is 0 Å². The van der Waals surface area contributed by atoms with E-state index < -0.39 is 0 Å². The number of rotatable bonds is 2. The Bertz CT molecular complexity index is 880. The first-order valence-electron chi connectivity index (χ1n) is 8.08. The molecule has 0 bridgehead atoms. The van der Waals surface area contributed by atoms with Crippen molar-refractivity contribution in [2.45, 2.75) is 25.7 Å². The molecule has 0 aliphatic heterocycles. The van der Waals surface area contributed by atoms with Crippen LogP contribution in [0.3, 0.4) is 0 Å². The molecular weight excluding hydrogens is 284 g/mol. The Morgan fingerprint density at radius 3 is 2.70 bits per heavy atom. The van der Waals surface area contributed by atoms with Gasteiger partial charge in [-0.25, -0.2) is 0 Å². The van der Waals surface area contributed by atoms with Crippen LogP contribution in [-0.4, -0.2) is 10.9 Å². The quantitative estimate of drug-likeness (QED) is 0.764. The highest BCUT2D eigenvalue weighted by Crippen LogP contribution is 2.24. The molecule has 0 spiro atoms. The lowest BCUT2D eigenvalue weighted by Crippen LogP contribution is -2.14. The minimum Gasteiger partial charge on any atom is -0.320 e. The number of para-hydroxylation sites is 1. The van der Waals surface area contributed by atoms with Crippen molar-refractivity contribution in [1.29, 1.82) is 0 Å². The molecular formula is C20H18N2O. The zero-order valence-corrected chi connectivity index (χ0v) is 12.9. The Morgan fingerprint density at radius 2 is 1.78 bits per heavy atom.